The van der Waals surface area contributed by atoms with Gasteiger partial charge in [0.2, 0.25) is 0 Å². The standard InChI is InChI=1S/C50H30N4/c51-31-33-9-19-41(20-10-33)53(43-23-13-35-5-1-3-7-39(35)29-43)47-27-17-37-16-26-46-48(28-18-38-15-25-45(47)49(37)50(38)46)54(42-21-11-34(32-52)12-22-42)44-24-14-36-6-2-4-8-40(36)30-44/h1-30H. The highest BCUT2D eigenvalue weighted by molar-refractivity contribution is 6.28. The summed E-state index contributed by atoms with van der Waals surface area (Å²) in [5, 5.41) is 30.9. The Morgan fingerprint density at radius 2 is 0.667 bits per heavy atom. The van der Waals surface area contributed by atoms with Crippen molar-refractivity contribution in [3.8, 4) is 12.1 Å². The highest BCUT2D eigenvalue weighted by Crippen LogP contribution is 2.48. The van der Waals surface area contributed by atoms with E-state index in [0.717, 1.165) is 66.4 Å². The van der Waals surface area contributed by atoms with Crippen LogP contribution in [0.2, 0.25) is 0 Å². The predicted molar refractivity (Wildman–Crippen MR) is 224 cm³/mol. The summed E-state index contributed by atoms with van der Waals surface area (Å²) in [5.41, 5.74) is 7.39. The van der Waals surface area contributed by atoms with Crippen LogP contribution < -0.4 is 9.80 Å². The first-order valence-corrected chi connectivity index (χ1v) is 18.0. The molecule has 0 bridgehead atoms. The SMILES string of the molecule is N#Cc1ccc(N(c2ccc3ccccc3c2)c2ccc3ccc4c(N(c5ccc(C#N)cc5)c5ccc6ccccc6c5)ccc5ccc2c3c54)cc1. The smallest absolute Gasteiger partial charge is 0.0991 e. The summed E-state index contributed by atoms with van der Waals surface area (Å²) in [4.78, 5) is 4.61. The summed E-state index contributed by atoms with van der Waals surface area (Å²) in [7, 11) is 0. The molecule has 4 heteroatoms. The first-order valence-electron chi connectivity index (χ1n) is 18.0. The molecule has 0 aromatic heterocycles. The lowest BCUT2D eigenvalue weighted by Crippen LogP contribution is -2.11. The molecule has 4 nitrogen and oxygen atoms in total. The summed E-state index contributed by atoms with van der Waals surface area (Å²) in [6.45, 7) is 0. The molecule has 10 aromatic rings. The van der Waals surface area contributed by atoms with Gasteiger partial charge in [-0.15, -0.1) is 0 Å². The van der Waals surface area contributed by atoms with Gasteiger partial charge in [0.25, 0.3) is 0 Å². The van der Waals surface area contributed by atoms with Gasteiger partial charge in [-0.2, -0.15) is 10.5 Å². The second-order valence-corrected chi connectivity index (χ2v) is 13.6. The summed E-state index contributed by atoms with van der Waals surface area (Å²) in [6.07, 6.45) is 0. The zero-order valence-corrected chi connectivity index (χ0v) is 29.1. The van der Waals surface area contributed by atoms with E-state index >= 15 is 0 Å². The Kier molecular flexibility index (Phi) is 7.22. The highest BCUT2D eigenvalue weighted by atomic mass is 15.1. The molecule has 10 aromatic carbocycles. The number of hydrogen-bond acceptors (Lipinski definition) is 4. The average Bonchev–Trinajstić information content (AvgIpc) is 3.24. The van der Waals surface area contributed by atoms with Crippen molar-refractivity contribution < 1.29 is 0 Å². The second kappa shape index (κ2) is 12.5. The van der Waals surface area contributed by atoms with E-state index in [1.54, 1.807) is 0 Å². The van der Waals surface area contributed by atoms with Crippen molar-refractivity contribution in [1.82, 2.24) is 0 Å². The Hall–Kier alpha value is -7.66. The van der Waals surface area contributed by atoms with Gasteiger partial charge in [-0.3, -0.25) is 0 Å². The monoisotopic (exact) mass is 686 g/mol. The van der Waals surface area contributed by atoms with Gasteiger partial charge in [0, 0.05) is 33.5 Å². The van der Waals surface area contributed by atoms with Gasteiger partial charge >= 0.3 is 0 Å². The van der Waals surface area contributed by atoms with Crippen LogP contribution in [0.4, 0.5) is 34.1 Å². The van der Waals surface area contributed by atoms with E-state index in [2.05, 4.69) is 155 Å². The molecule has 54 heavy (non-hydrogen) atoms. The third kappa shape index (κ3) is 5.06. The van der Waals surface area contributed by atoms with E-state index in [0.29, 0.717) is 11.1 Å². The molecule has 10 rings (SSSR count). The molecular formula is C50H30N4. The van der Waals surface area contributed by atoms with Gasteiger partial charge in [0.15, 0.2) is 0 Å². The minimum absolute atomic E-state index is 0.623. The van der Waals surface area contributed by atoms with E-state index in [9.17, 15) is 10.5 Å². The van der Waals surface area contributed by atoms with Crippen molar-refractivity contribution in [1.29, 1.82) is 10.5 Å². The van der Waals surface area contributed by atoms with Gasteiger partial charge in [-0.25, -0.2) is 0 Å². The molecule has 0 N–H and O–H groups in total. The topological polar surface area (TPSA) is 54.1 Å². The lowest BCUT2D eigenvalue weighted by atomic mass is 9.91. The third-order valence-corrected chi connectivity index (χ3v) is 10.6. The Morgan fingerprint density at radius 1 is 0.315 bits per heavy atom. The maximum Gasteiger partial charge on any atom is 0.0991 e. The number of hydrogen-bond donors (Lipinski definition) is 0. The lowest BCUT2D eigenvalue weighted by Gasteiger charge is -2.29. The zero-order valence-electron chi connectivity index (χ0n) is 29.1. The average molecular weight is 687 g/mol. The van der Waals surface area contributed by atoms with Gasteiger partial charge in [-0.05, 0) is 128 Å². The molecular weight excluding hydrogens is 657 g/mol. The van der Waals surface area contributed by atoms with E-state index in [1.807, 2.05) is 48.5 Å². The van der Waals surface area contributed by atoms with Crippen molar-refractivity contribution in [3.63, 3.8) is 0 Å². The lowest BCUT2D eigenvalue weighted by molar-refractivity contribution is 1.30. The van der Waals surface area contributed by atoms with Crippen molar-refractivity contribution in [2.75, 3.05) is 9.80 Å². The zero-order chi connectivity index (χ0) is 36.2. The first-order chi connectivity index (χ1) is 26.7. The largest absolute Gasteiger partial charge is 0.310 e. The van der Waals surface area contributed by atoms with Crippen LogP contribution in [-0.2, 0) is 0 Å². The van der Waals surface area contributed by atoms with E-state index in [-0.39, 0.29) is 0 Å². The van der Waals surface area contributed by atoms with Crippen LogP contribution >= 0.6 is 0 Å². The Bertz CT molecular complexity index is 2920. The Morgan fingerprint density at radius 3 is 1.07 bits per heavy atom. The van der Waals surface area contributed by atoms with Crippen molar-refractivity contribution in [2.45, 2.75) is 0 Å². The minimum Gasteiger partial charge on any atom is -0.310 e. The number of benzene rings is 10. The fourth-order valence-electron chi connectivity index (χ4n) is 8.02. The van der Waals surface area contributed by atoms with Gasteiger partial charge in [-0.1, -0.05) is 97.1 Å². The van der Waals surface area contributed by atoms with Crippen molar-refractivity contribution in [2.24, 2.45) is 0 Å². The van der Waals surface area contributed by atoms with Crippen LogP contribution in [0.25, 0.3) is 53.9 Å². The number of nitrogens with zero attached hydrogens (tertiary/aromatic N) is 4. The molecule has 0 unspecified atom stereocenters. The second-order valence-electron chi connectivity index (χ2n) is 13.6. The van der Waals surface area contributed by atoms with E-state index in [4.69, 9.17) is 0 Å². The predicted octanol–water partition coefficient (Wildman–Crippen LogP) is 13.6. The molecule has 0 heterocycles. The molecule has 0 saturated carbocycles. The molecule has 0 saturated heterocycles. The summed E-state index contributed by atoms with van der Waals surface area (Å²) in [6, 6.07) is 68.1. The maximum absolute atomic E-state index is 9.62. The fourth-order valence-corrected chi connectivity index (χ4v) is 8.02. The van der Waals surface area contributed by atoms with Crippen LogP contribution in [0.3, 0.4) is 0 Å². The Balaban J connectivity index is 1.22. The summed E-state index contributed by atoms with van der Waals surface area (Å²) in [5.74, 6) is 0. The number of nitriles is 2. The van der Waals surface area contributed by atoms with Gasteiger partial charge in [0.1, 0.15) is 0 Å². The number of anilines is 6. The van der Waals surface area contributed by atoms with Gasteiger partial charge < -0.3 is 9.80 Å². The maximum atomic E-state index is 9.62. The normalized spacial score (nSPS) is 11.3. The van der Waals surface area contributed by atoms with Crippen LogP contribution in [0.15, 0.2) is 182 Å². The first kappa shape index (κ1) is 31.1. The fraction of sp³-hybridized carbons (Fsp3) is 0. The highest BCUT2D eigenvalue weighted by Gasteiger charge is 2.22. The van der Waals surface area contributed by atoms with Crippen molar-refractivity contribution >= 4 is 88.0 Å². The number of fused-ring (bicyclic) bond motifs is 2. The molecule has 0 spiro atoms. The van der Waals surface area contributed by atoms with Crippen LogP contribution in [-0.4, -0.2) is 0 Å². The number of rotatable bonds is 6. The molecule has 0 aliphatic carbocycles. The quantitative estimate of drug-likeness (QED) is 0.163. The van der Waals surface area contributed by atoms with Crippen LogP contribution in [0.5, 0.6) is 0 Å². The summed E-state index contributed by atoms with van der Waals surface area (Å²) < 4.78 is 0. The molecule has 0 fully saturated rings. The summed E-state index contributed by atoms with van der Waals surface area (Å²) >= 11 is 0. The third-order valence-electron chi connectivity index (χ3n) is 10.6. The molecule has 0 amide bonds. The van der Waals surface area contributed by atoms with Crippen LogP contribution in [0.1, 0.15) is 11.1 Å². The molecule has 250 valence electrons. The Labute approximate surface area is 312 Å². The molecule has 0 radical (unpaired) electrons. The molecule has 0 atom stereocenters. The van der Waals surface area contributed by atoms with E-state index < -0.39 is 0 Å². The molecule has 0 aliphatic heterocycles. The minimum atomic E-state index is 0.623. The molecule has 0 aliphatic rings. The van der Waals surface area contributed by atoms with Crippen molar-refractivity contribution in [3.05, 3.63) is 193 Å². The van der Waals surface area contributed by atoms with Gasteiger partial charge in [0.05, 0.1) is 34.6 Å². The van der Waals surface area contributed by atoms with E-state index in [1.165, 1.54) is 21.5 Å². The van der Waals surface area contributed by atoms with Crippen LogP contribution in [0, 0.1) is 22.7 Å².